The van der Waals surface area contributed by atoms with Gasteiger partial charge >= 0.3 is 0 Å². The van der Waals surface area contributed by atoms with Crippen LogP contribution >= 0.6 is 11.3 Å². The predicted molar refractivity (Wildman–Crippen MR) is 75.9 cm³/mol. The van der Waals surface area contributed by atoms with Crippen LogP contribution in [0.3, 0.4) is 0 Å². The molecule has 0 saturated carbocycles. The molecule has 6 heteroatoms. The minimum Gasteiger partial charge on any atom is -0.347 e. The van der Waals surface area contributed by atoms with Gasteiger partial charge in [-0.1, -0.05) is 11.8 Å². The summed E-state index contributed by atoms with van der Waals surface area (Å²) in [6.45, 7) is 0.351. The number of amides is 2. The molecule has 2 amide bonds. The molecular formula is C13H17N3O2S. The lowest BCUT2D eigenvalue weighted by Crippen LogP contribution is -2.37. The van der Waals surface area contributed by atoms with Crippen LogP contribution < -0.4 is 5.73 Å². The Labute approximate surface area is 117 Å². The van der Waals surface area contributed by atoms with Crippen molar-refractivity contribution in [3.8, 4) is 11.8 Å². The van der Waals surface area contributed by atoms with Gasteiger partial charge in [0.05, 0.1) is 23.5 Å². The highest BCUT2D eigenvalue weighted by Gasteiger charge is 2.16. The Hall–Kier alpha value is -1.84. The Morgan fingerprint density at radius 1 is 1.37 bits per heavy atom. The topological polar surface area (TPSA) is 66.6 Å². The van der Waals surface area contributed by atoms with Crippen LogP contribution in [-0.2, 0) is 4.79 Å². The first-order valence-electron chi connectivity index (χ1n) is 5.68. The van der Waals surface area contributed by atoms with Gasteiger partial charge in [-0.3, -0.25) is 9.59 Å². The van der Waals surface area contributed by atoms with E-state index in [9.17, 15) is 9.59 Å². The van der Waals surface area contributed by atoms with E-state index in [2.05, 4.69) is 11.8 Å². The van der Waals surface area contributed by atoms with E-state index in [0.29, 0.717) is 12.1 Å². The number of rotatable bonds is 3. The molecule has 102 valence electrons. The van der Waals surface area contributed by atoms with Gasteiger partial charge in [-0.2, -0.15) is 0 Å². The van der Waals surface area contributed by atoms with Gasteiger partial charge in [0.2, 0.25) is 5.91 Å². The van der Waals surface area contributed by atoms with Crippen LogP contribution in [-0.4, -0.2) is 55.8 Å². The summed E-state index contributed by atoms with van der Waals surface area (Å²) in [6, 6.07) is 1.71. The third-order valence-corrected chi connectivity index (χ3v) is 3.22. The number of thiophene rings is 1. The van der Waals surface area contributed by atoms with E-state index in [1.54, 1.807) is 32.6 Å². The molecule has 0 aliphatic rings. The maximum absolute atomic E-state index is 12.1. The molecule has 0 radical (unpaired) electrons. The quantitative estimate of drug-likeness (QED) is 0.805. The van der Waals surface area contributed by atoms with E-state index in [1.165, 1.54) is 21.1 Å². The van der Waals surface area contributed by atoms with Gasteiger partial charge in [0.25, 0.3) is 5.91 Å². The third kappa shape index (κ3) is 4.39. The van der Waals surface area contributed by atoms with Crippen LogP contribution in [0, 0.1) is 11.8 Å². The van der Waals surface area contributed by atoms with Crippen molar-refractivity contribution in [2.24, 2.45) is 5.73 Å². The van der Waals surface area contributed by atoms with E-state index in [0.717, 1.165) is 4.88 Å². The molecule has 0 aromatic carbocycles. The lowest BCUT2D eigenvalue weighted by Gasteiger charge is -2.18. The summed E-state index contributed by atoms with van der Waals surface area (Å²) in [5.74, 6) is 5.31. The van der Waals surface area contributed by atoms with Crippen molar-refractivity contribution >= 4 is 23.2 Å². The third-order valence-electron chi connectivity index (χ3n) is 2.38. The minimum atomic E-state index is -0.188. The summed E-state index contributed by atoms with van der Waals surface area (Å²) >= 11 is 1.39. The zero-order chi connectivity index (χ0) is 14.4. The SMILES string of the molecule is CN(C)C(=O)CN(C)C(=O)c1csc(C#CCN)c1. The van der Waals surface area contributed by atoms with Crippen molar-refractivity contribution < 1.29 is 9.59 Å². The molecule has 0 fully saturated rings. The number of carbonyl (C=O) groups is 2. The molecule has 0 saturated heterocycles. The summed E-state index contributed by atoms with van der Waals surface area (Å²) in [7, 11) is 4.92. The number of hydrogen-bond donors (Lipinski definition) is 1. The molecule has 0 bridgehead atoms. The average Bonchev–Trinajstić information content (AvgIpc) is 2.83. The first-order chi connectivity index (χ1) is 8.95. The largest absolute Gasteiger partial charge is 0.347 e. The number of hydrogen-bond acceptors (Lipinski definition) is 4. The Balaban J connectivity index is 2.72. The number of nitrogens with two attached hydrogens (primary N) is 1. The molecule has 19 heavy (non-hydrogen) atoms. The summed E-state index contributed by atoms with van der Waals surface area (Å²) in [5, 5.41) is 1.74. The Morgan fingerprint density at radius 3 is 2.63 bits per heavy atom. The van der Waals surface area contributed by atoms with Gasteiger partial charge in [0.15, 0.2) is 0 Å². The first-order valence-corrected chi connectivity index (χ1v) is 6.56. The van der Waals surface area contributed by atoms with E-state index >= 15 is 0 Å². The van der Waals surface area contributed by atoms with Crippen LogP contribution in [0.4, 0.5) is 0 Å². The van der Waals surface area contributed by atoms with E-state index < -0.39 is 0 Å². The molecule has 2 N–H and O–H groups in total. The maximum Gasteiger partial charge on any atom is 0.254 e. The van der Waals surface area contributed by atoms with Crippen LogP contribution in [0.5, 0.6) is 0 Å². The zero-order valence-corrected chi connectivity index (χ0v) is 12.1. The van der Waals surface area contributed by atoms with Crippen LogP contribution in [0.15, 0.2) is 11.4 Å². The normalized spacial score (nSPS) is 9.47. The van der Waals surface area contributed by atoms with Gasteiger partial charge in [0, 0.05) is 26.5 Å². The molecule has 0 aliphatic heterocycles. The smallest absolute Gasteiger partial charge is 0.254 e. The summed E-state index contributed by atoms with van der Waals surface area (Å²) in [5.41, 5.74) is 5.83. The molecule has 1 aromatic rings. The van der Waals surface area contributed by atoms with E-state index in [-0.39, 0.29) is 18.4 Å². The second-order valence-corrected chi connectivity index (χ2v) is 5.07. The molecule has 0 atom stereocenters. The summed E-state index contributed by atoms with van der Waals surface area (Å²) < 4.78 is 0. The number of likely N-dealkylation sites (N-methyl/N-ethyl adjacent to an activating group) is 2. The Kier molecular flexibility index (Phi) is 5.55. The van der Waals surface area contributed by atoms with Gasteiger partial charge in [-0.15, -0.1) is 11.3 Å². The van der Waals surface area contributed by atoms with E-state index in [4.69, 9.17) is 5.73 Å². The second kappa shape index (κ2) is 6.92. The standard InChI is InChI=1S/C13H17N3O2S/c1-15(2)12(17)8-16(3)13(18)10-7-11(19-9-10)5-4-6-14/h7,9H,6,8,14H2,1-3H3. The van der Waals surface area contributed by atoms with Crippen molar-refractivity contribution in [1.82, 2.24) is 9.80 Å². The molecular weight excluding hydrogens is 262 g/mol. The highest BCUT2D eigenvalue weighted by molar-refractivity contribution is 7.10. The Morgan fingerprint density at radius 2 is 2.05 bits per heavy atom. The molecule has 1 heterocycles. The molecule has 0 unspecified atom stereocenters. The monoisotopic (exact) mass is 279 g/mol. The molecule has 1 aromatic heterocycles. The van der Waals surface area contributed by atoms with Crippen molar-refractivity contribution in [1.29, 1.82) is 0 Å². The van der Waals surface area contributed by atoms with Crippen LogP contribution in [0.2, 0.25) is 0 Å². The van der Waals surface area contributed by atoms with Crippen molar-refractivity contribution in [2.75, 3.05) is 34.2 Å². The molecule has 0 spiro atoms. The zero-order valence-electron chi connectivity index (χ0n) is 11.3. The number of carbonyl (C=O) groups excluding carboxylic acids is 2. The van der Waals surface area contributed by atoms with Gasteiger partial charge in [-0.25, -0.2) is 0 Å². The van der Waals surface area contributed by atoms with Crippen LogP contribution in [0.25, 0.3) is 0 Å². The summed E-state index contributed by atoms with van der Waals surface area (Å²) in [4.78, 5) is 27.3. The lowest BCUT2D eigenvalue weighted by molar-refractivity contribution is -0.129. The minimum absolute atomic E-state index is 0.0610. The van der Waals surface area contributed by atoms with Crippen molar-refractivity contribution in [3.63, 3.8) is 0 Å². The fourth-order valence-corrected chi connectivity index (χ4v) is 2.04. The predicted octanol–water partition coefficient (Wildman–Crippen LogP) is 0.219. The first kappa shape index (κ1) is 15.2. The van der Waals surface area contributed by atoms with E-state index in [1.807, 2.05) is 0 Å². The van der Waals surface area contributed by atoms with Crippen molar-refractivity contribution in [3.05, 3.63) is 21.9 Å². The van der Waals surface area contributed by atoms with Gasteiger partial charge < -0.3 is 15.5 Å². The highest BCUT2D eigenvalue weighted by atomic mass is 32.1. The Bertz CT molecular complexity index is 525. The lowest BCUT2D eigenvalue weighted by atomic mass is 10.2. The average molecular weight is 279 g/mol. The molecule has 1 rings (SSSR count). The van der Waals surface area contributed by atoms with Gasteiger partial charge in [0.1, 0.15) is 0 Å². The highest BCUT2D eigenvalue weighted by Crippen LogP contribution is 2.15. The maximum atomic E-state index is 12.1. The fraction of sp³-hybridized carbons (Fsp3) is 0.385. The summed E-state index contributed by atoms with van der Waals surface area (Å²) in [6.07, 6.45) is 0. The van der Waals surface area contributed by atoms with Crippen LogP contribution in [0.1, 0.15) is 15.2 Å². The fourth-order valence-electron chi connectivity index (χ4n) is 1.29. The number of nitrogens with zero attached hydrogens (tertiary/aromatic N) is 2. The second-order valence-electron chi connectivity index (χ2n) is 4.15. The van der Waals surface area contributed by atoms with Crippen molar-refractivity contribution in [2.45, 2.75) is 0 Å². The molecule has 0 aliphatic carbocycles. The molecule has 5 nitrogen and oxygen atoms in total. The van der Waals surface area contributed by atoms with Gasteiger partial charge in [-0.05, 0) is 6.07 Å².